The molecule has 1 aliphatic heterocycles. The van der Waals surface area contributed by atoms with Crippen LogP contribution < -0.4 is 0 Å². The van der Waals surface area contributed by atoms with Crippen LogP contribution in [0.25, 0.3) is 0 Å². The minimum absolute atomic E-state index is 0.0436. The van der Waals surface area contributed by atoms with Crippen molar-refractivity contribution in [2.75, 3.05) is 6.54 Å². The van der Waals surface area contributed by atoms with E-state index < -0.39 is 17.8 Å². The van der Waals surface area contributed by atoms with Gasteiger partial charge < -0.3 is 0 Å². The molecule has 1 heterocycles. The third-order valence-corrected chi connectivity index (χ3v) is 2.58. The molecular weight excluding hydrogens is 241 g/mol. The van der Waals surface area contributed by atoms with Gasteiger partial charge in [-0.1, -0.05) is 24.3 Å². The van der Waals surface area contributed by atoms with Crippen molar-refractivity contribution in [3.8, 4) is 0 Å². The Kier molecular flexibility index (Phi) is 2.67. The Morgan fingerprint density at radius 1 is 1.00 bits per heavy atom. The largest absolute Gasteiger partial charge is 0.459 e. The lowest BCUT2D eigenvalue weighted by Crippen LogP contribution is -2.45. The Bertz CT molecular complexity index is 461. The summed E-state index contributed by atoms with van der Waals surface area (Å²) in [5, 5.41) is 0. The zero-order valence-electron chi connectivity index (χ0n) is 8.56. The van der Waals surface area contributed by atoms with Gasteiger partial charge >= 0.3 is 12.1 Å². The number of halogens is 5. The molecule has 0 spiro atoms. The van der Waals surface area contributed by atoms with E-state index in [1.165, 1.54) is 18.2 Å². The fraction of sp³-hybridized carbons (Fsp3) is 0.364. The number of alkyl halides is 5. The second-order valence-electron chi connectivity index (χ2n) is 3.71. The van der Waals surface area contributed by atoms with Crippen LogP contribution in [0.5, 0.6) is 0 Å². The maximum absolute atomic E-state index is 13.2. The highest BCUT2D eigenvalue weighted by Gasteiger charge is 2.61. The van der Waals surface area contributed by atoms with Crippen LogP contribution in [0.3, 0.4) is 0 Å². The Hall–Kier alpha value is -1.46. The van der Waals surface area contributed by atoms with Crippen LogP contribution in [-0.4, -0.2) is 24.4 Å². The predicted octanol–water partition coefficient (Wildman–Crippen LogP) is 3.23. The average Bonchev–Trinajstić information content (AvgIpc) is 2.26. The zero-order chi connectivity index (χ0) is 12.7. The normalized spacial score (nSPS) is 16.4. The number of aliphatic imine (C=N–C) groups is 1. The van der Waals surface area contributed by atoms with Crippen molar-refractivity contribution in [3.63, 3.8) is 0 Å². The molecule has 6 heteroatoms. The monoisotopic (exact) mass is 249 g/mol. The van der Waals surface area contributed by atoms with Crippen LogP contribution >= 0.6 is 0 Å². The predicted molar refractivity (Wildman–Crippen MR) is 52.6 cm³/mol. The molecule has 1 aromatic carbocycles. The molecule has 0 atom stereocenters. The highest BCUT2D eigenvalue weighted by molar-refractivity contribution is 6.07. The summed E-state index contributed by atoms with van der Waals surface area (Å²) in [6.45, 7) is -0.0436. The Labute approximate surface area is 94.0 Å². The van der Waals surface area contributed by atoms with Crippen LogP contribution in [0.4, 0.5) is 22.0 Å². The van der Waals surface area contributed by atoms with Crippen molar-refractivity contribution < 1.29 is 22.0 Å². The maximum atomic E-state index is 13.2. The summed E-state index contributed by atoms with van der Waals surface area (Å²) < 4.78 is 63.3. The van der Waals surface area contributed by atoms with Gasteiger partial charge in [0.25, 0.3) is 0 Å². The molecule has 1 aromatic rings. The summed E-state index contributed by atoms with van der Waals surface area (Å²) >= 11 is 0. The molecule has 17 heavy (non-hydrogen) atoms. The van der Waals surface area contributed by atoms with Crippen molar-refractivity contribution >= 4 is 5.71 Å². The van der Waals surface area contributed by atoms with Crippen LogP contribution in [-0.2, 0) is 6.42 Å². The molecule has 1 aliphatic rings. The minimum atomic E-state index is -5.61. The molecule has 0 saturated heterocycles. The molecule has 0 N–H and O–H groups in total. The number of nitrogens with zero attached hydrogens (tertiary/aromatic N) is 1. The van der Waals surface area contributed by atoms with Gasteiger partial charge in [0.1, 0.15) is 5.71 Å². The lowest BCUT2D eigenvalue weighted by atomic mass is 9.94. The minimum Gasteiger partial charge on any atom is -0.282 e. The summed E-state index contributed by atoms with van der Waals surface area (Å²) in [6, 6.07) is 5.81. The first-order valence-electron chi connectivity index (χ1n) is 4.92. The van der Waals surface area contributed by atoms with Gasteiger partial charge in [-0.15, -0.1) is 0 Å². The highest BCUT2D eigenvalue weighted by Crippen LogP contribution is 2.39. The fourth-order valence-electron chi connectivity index (χ4n) is 1.75. The molecule has 1 nitrogen and oxygen atoms in total. The SMILES string of the molecule is FC(F)(F)C(F)(F)C1=NCCc2ccccc21. The Morgan fingerprint density at radius 3 is 2.29 bits per heavy atom. The second-order valence-corrected chi connectivity index (χ2v) is 3.71. The molecule has 92 valence electrons. The smallest absolute Gasteiger partial charge is 0.282 e. The molecule has 0 bridgehead atoms. The van der Waals surface area contributed by atoms with Gasteiger partial charge in [-0.3, -0.25) is 4.99 Å². The zero-order valence-corrected chi connectivity index (χ0v) is 8.56. The van der Waals surface area contributed by atoms with Crippen LogP contribution in [0.1, 0.15) is 11.1 Å². The first kappa shape index (κ1) is 12.0. The molecule has 0 aromatic heterocycles. The van der Waals surface area contributed by atoms with Gasteiger partial charge in [0, 0.05) is 12.1 Å². The standard InChI is InChI=1S/C11H8F5N/c12-10(13,11(14,15)16)9-8-4-2-1-3-7(8)5-6-17-9/h1-4H,5-6H2. The third-order valence-electron chi connectivity index (χ3n) is 2.58. The van der Waals surface area contributed by atoms with Gasteiger partial charge in [0.2, 0.25) is 0 Å². The molecule has 0 amide bonds. The topological polar surface area (TPSA) is 12.4 Å². The van der Waals surface area contributed by atoms with Crippen LogP contribution in [0, 0.1) is 0 Å². The molecule has 0 fully saturated rings. The summed E-state index contributed by atoms with van der Waals surface area (Å²) in [5.41, 5.74) is -0.811. The van der Waals surface area contributed by atoms with E-state index in [-0.39, 0.29) is 12.1 Å². The molecule has 2 rings (SSSR count). The van der Waals surface area contributed by atoms with Gasteiger partial charge in [0.05, 0.1) is 0 Å². The van der Waals surface area contributed by atoms with E-state index in [1.807, 2.05) is 0 Å². The third kappa shape index (κ3) is 1.92. The number of hydrogen-bond acceptors (Lipinski definition) is 1. The summed E-state index contributed by atoms with van der Waals surface area (Å²) in [6.07, 6.45) is -5.23. The van der Waals surface area contributed by atoms with Crippen molar-refractivity contribution in [1.29, 1.82) is 0 Å². The first-order chi connectivity index (χ1) is 7.84. The lowest BCUT2D eigenvalue weighted by Gasteiger charge is -2.25. The van der Waals surface area contributed by atoms with Crippen molar-refractivity contribution in [2.45, 2.75) is 18.5 Å². The van der Waals surface area contributed by atoms with E-state index in [4.69, 9.17) is 0 Å². The Morgan fingerprint density at radius 2 is 1.65 bits per heavy atom. The lowest BCUT2D eigenvalue weighted by molar-refractivity contribution is -0.249. The average molecular weight is 249 g/mol. The number of rotatable bonds is 1. The number of hydrogen-bond donors (Lipinski definition) is 0. The van der Waals surface area contributed by atoms with E-state index in [1.54, 1.807) is 6.07 Å². The van der Waals surface area contributed by atoms with Gasteiger partial charge in [-0.05, 0) is 12.0 Å². The van der Waals surface area contributed by atoms with E-state index in [0.717, 1.165) is 0 Å². The summed E-state index contributed by atoms with van der Waals surface area (Å²) in [4.78, 5) is 3.36. The van der Waals surface area contributed by atoms with Crippen molar-refractivity contribution in [1.82, 2.24) is 0 Å². The van der Waals surface area contributed by atoms with Crippen LogP contribution in [0.2, 0.25) is 0 Å². The van der Waals surface area contributed by atoms with Gasteiger partial charge in [-0.2, -0.15) is 22.0 Å². The van der Waals surface area contributed by atoms with E-state index in [0.29, 0.717) is 12.0 Å². The molecule has 0 radical (unpaired) electrons. The van der Waals surface area contributed by atoms with Crippen molar-refractivity contribution in [3.05, 3.63) is 35.4 Å². The second kappa shape index (κ2) is 3.78. The number of fused-ring (bicyclic) bond motifs is 1. The fourth-order valence-corrected chi connectivity index (χ4v) is 1.75. The summed E-state index contributed by atoms with van der Waals surface area (Å²) in [5.74, 6) is -4.90. The van der Waals surface area contributed by atoms with Gasteiger partial charge in [-0.25, -0.2) is 0 Å². The molecule has 0 saturated carbocycles. The van der Waals surface area contributed by atoms with Crippen LogP contribution in [0.15, 0.2) is 29.3 Å². The highest BCUT2D eigenvalue weighted by atomic mass is 19.4. The maximum Gasteiger partial charge on any atom is 0.459 e. The van der Waals surface area contributed by atoms with E-state index in [9.17, 15) is 22.0 Å². The van der Waals surface area contributed by atoms with E-state index in [2.05, 4.69) is 4.99 Å². The molecule has 0 aliphatic carbocycles. The molecule has 0 unspecified atom stereocenters. The molecular formula is C11H8F5N. The van der Waals surface area contributed by atoms with E-state index >= 15 is 0 Å². The summed E-state index contributed by atoms with van der Waals surface area (Å²) in [7, 11) is 0. The first-order valence-corrected chi connectivity index (χ1v) is 4.92. The van der Waals surface area contributed by atoms with Gasteiger partial charge in [0.15, 0.2) is 0 Å². The number of benzene rings is 1. The van der Waals surface area contributed by atoms with Crippen molar-refractivity contribution in [2.24, 2.45) is 4.99 Å². The quantitative estimate of drug-likeness (QED) is 0.677. The Balaban J connectivity index is 2.51.